The first-order chi connectivity index (χ1) is 13.0. The lowest BCUT2D eigenvalue weighted by molar-refractivity contribution is 0.0742. The second-order valence-electron chi connectivity index (χ2n) is 6.99. The number of hydrogen-bond donors (Lipinski definition) is 0. The van der Waals surface area contributed by atoms with Crippen molar-refractivity contribution in [3.8, 4) is 11.1 Å². The van der Waals surface area contributed by atoms with E-state index in [2.05, 4.69) is 30.4 Å². The van der Waals surface area contributed by atoms with Gasteiger partial charge < -0.3 is 4.90 Å². The second-order valence-corrected chi connectivity index (χ2v) is 7.99. The Bertz CT molecular complexity index is 925. The van der Waals surface area contributed by atoms with Gasteiger partial charge in [0.05, 0.1) is 12.2 Å². The molecular weight excluding hydrogens is 354 g/mol. The Morgan fingerprint density at radius 2 is 2.07 bits per heavy atom. The van der Waals surface area contributed by atoms with Crippen molar-refractivity contribution >= 4 is 17.2 Å². The third kappa shape index (κ3) is 4.48. The van der Waals surface area contributed by atoms with Crippen LogP contribution in [0.4, 0.5) is 0 Å². The number of nitrogens with zero attached hydrogens (tertiary/aromatic N) is 3. The van der Waals surface area contributed by atoms with Gasteiger partial charge in [0.1, 0.15) is 0 Å². The molecule has 3 rings (SSSR count). The van der Waals surface area contributed by atoms with E-state index in [4.69, 9.17) is 0 Å². The first-order valence-corrected chi connectivity index (χ1v) is 10.3. The number of unbranched alkanes of at least 4 members (excludes halogenated alkanes) is 1. The van der Waals surface area contributed by atoms with Crippen LogP contribution in [0.3, 0.4) is 0 Å². The van der Waals surface area contributed by atoms with Crippen molar-refractivity contribution in [2.75, 3.05) is 6.54 Å². The fraction of sp³-hybridized carbons (Fsp3) is 0.364. The standard InChI is InChI=1S/C22H27N3OS/c1-5-6-11-25(15-21-16(2)10-12-27-21)22(26)19-9-7-8-18(13-19)20-14-24(4)23-17(20)3/h7-10,12-14H,5-6,11,15H2,1-4H3. The first-order valence-electron chi connectivity index (χ1n) is 9.42. The van der Waals surface area contributed by atoms with Gasteiger partial charge in [0.25, 0.3) is 5.91 Å². The summed E-state index contributed by atoms with van der Waals surface area (Å²) in [6.07, 6.45) is 4.09. The number of amides is 1. The summed E-state index contributed by atoms with van der Waals surface area (Å²) in [5, 5.41) is 6.52. The number of carbonyl (C=O) groups excluding carboxylic acids is 1. The van der Waals surface area contributed by atoms with Crippen LogP contribution in [0.5, 0.6) is 0 Å². The number of aromatic nitrogens is 2. The Hall–Kier alpha value is -2.40. The normalized spacial score (nSPS) is 11.0. The van der Waals surface area contributed by atoms with Crippen LogP contribution >= 0.6 is 11.3 Å². The summed E-state index contributed by atoms with van der Waals surface area (Å²) >= 11 is 1.72. The maximum Gasteiger partial charge on any atom is 0.254 e. The lowest BCUT2D eigenvalue weighted by Gasteiger charge is -2.23. The molecule has 27 heavy (non-hydrogen) atoms. The van der Waals surface area contributed by atoms with Crippen LogP contribution in [0.1, 0.15) is 46.3 Å². The van der Waals surface area contributed by atoms with Gasteiger partial charge in [-0.05, 0) is 55.0 Å². The van der Waals surface area contributed by atoms with Crippen molar-refractivity contribution < 1.29 is 4.79 Å². The molecule has 0 bridgehead atoms. The average Bonchev–Trinajstić information content (AvgIpc) is 3.22. The van der Waals surface area contributed by atoms with Crippen LogP contribution in [-0.2, 0) is 13.6 Å². The van der Waals surface area contributed by atoms with Crippen molar-refractivity contribution in [1.82, 2.24) is 14.7 Å². The van der Waals surface area contributed by atoms with Crippen LogP contribution in [-0.4, -0.2) is 27.1 Å². The van der Waals surface area contributed by atoms with Gasteiger partial charge in [0.15, 0.2) is 0 Å². The van der Waals surface area contributed by atoms with E-state index in [0.29, 0.717) is 6.54 Å². The Kier molecular flexibility index (Phi) is 6.11. The molecule has 142 valence electrons. The van der Waals surface area contributed by atoms with Crippen LogP contribution < -0.4 is 0 Å². The van der Waals surface area contributed by atoms with Gasteiger partial charge in [-0.25, -0.2) is 0 Å². The molecule has 0 spiro atoms. The topological polar surface area (TPSA) is 38.1 Å². The number of aryl methyl sites for hydroxylation is 3. The molecule has 0 N–H and O–H groups in total. The van der Waals surface area contributed by atoms with Gasteiger partial charge in [0, 0.05) is 35.8 Å². The van der Waals surface area contributed by atoms with Crippen molar-refractivity contribution in [3.05, 3.63) is 63.6 Å². The minimum atomic E-state index is 0.0969. The van der Waals surface area contributed by atoms with Crippen LogP contribution in [0, 0.1) is 13.8 Å². The lowest BCUT2D eigenvalue weighted by Crippen LogP contribution is -2.31. The largest absolute Gasteiger partial charge is 0.333 e. The van der Waals surface area contributed by atoms with E-state index >= 15 is 0 Å². The highest BCUT2D eigenvalue weighted by Crippen LogP contribution is 2.25. The van der Waals surface area contributed by atoms with Crippen LogP contribution in [0.2, 0.25) is 0 Å². The summed E-state index contributed by atoms with van der Waals surface area (Å²) in [7, 11) is 1.92. The number of hydrogen-bond acceptors (Lipinski definition) is 3. The van der Waals surface area contributed by atoms with Gasteiger partial charge in [-0.15, -0.1) is 11.3 Å². The SMILES string of the molecule is CCCCN(Cc1sccc1C)C(=O)c1cccc(-c2cn(C)nc2C)c1. The molecule has 2 aromatic heterocycles. The smallest absolute Gasteiger partial charge is 0.254 e. The zero-order valence-electron chi connectivity index (χ0n) is 16.5. The first kappa shape index (κ1) is 19.4. The number of thiophene rings is 1. The molecule has 5 heteroatoms. The zero-order chi connectivity index (χ0) is 19.4. The van der Waals surface area contributed by atoms with Crippen molar-refractivity contribution in [1.29, 1.82) is 0 Å². The molecule has 4 nitrogen and oxygen atoms in total. The lowest BCUT2D eigenvalue weighted by atomic mass is 10.0. The number of rotatable bonds is 7. The highest BCUT2D eigenvalue weighted by atomic mass is 32.1. The van der Waals surface area contributed by atoms with E-state index in [1.165, 1.54) is 10.4 Å². The van der Waals surface area contributed by atoms with Crippen molar-refractivity contribution in [2.24, 2.45) is 7.05 Å². The molecule has 3 aromatic rings. The summed E-state index contributed by atoms with van der Waals surface area (Å²) in [6, 6.07) is 10.0. The maximum absolute atomic E-state index is 13.3. The van der Waals surface area contributed by atoms with Gasteiger partial charge in [-0.3, -0.25) is 9.48 Å². The van der Waals surface area contributed by atoms with E-state index in [0.717, 1.165) is 41.8 Å². The van der Waals surface area contributed by atoms with Gasteiger partial charge in [-0.2, -0.15) is 5.10 Å². The molecule has 0 aliphatic rings. The molecule has 0 saturated carbocycles. The molecule has 0 aliphatic carbocycles. The van der Waals surface area contributed by atoms with E-state index in [-0.39, 0.29) is 5.91 Å². The second kappa shape index (κ2) is 8.53. The van der Waals surface area contributed by atoms with Crippen LogP contribution in [0.25, 0.3) is 11.1 Å². The van der Waals surface area contributed by atoms with Crippen LogP contribution in [0.15, 0.2) is 41.9 Å². The molecule has 0 fully saturated rings. The van der Waals surface area contributed by atoms with E-state index in [1.807, 2.05) is 54.0 Å². The third-order valence-electron chi connectivity index (χ3n) is 4.81. The molecule has 2 heterocycles. The van der Waals surface area contributed by atoms with Crippen molar-refractivity contribution in [2.45, 2.75) is 40.2 Å². The fourth-order valence-electron chi connectivity index (χ4n) is 3.23. The minimum Gasteiger partial charge on any atom is -0.333 e. The zero-order valence-corrected chi connectivity index (χ0v) is 17.3. The Morgan fingerprint density at radius 1 is 1.26 bits per heavy atom. The summed E-state index contributed by atoms with van der Waals surface area (Å²) in [4.78, 5) is 16.5. The Morgan fingerprint density at radius 3 is 2.70 bits per heavy atom. The molecular formula is C22H27N3OS. The Labute approximate surface area is 165 Å². The minimum absolute atomic E-state index is 0.0969. The summed E-state index contributed by atoms with van der Waals surface area (Å²) in [5.41, 5.74) is 5.07. The summed E-state index contributed by atoms with van der Waals surface area (Å²) in [5.74, 6) is 0.0969. The Balaban J connectivity index is 1.88. The maximum atomic E-state index is 13.3. The fourth-order valence-corrected chi connectivity index (χ4v) is 4.15. The highest BCUT2D eigenvalue weighted by Gasteiger charge is 2.18. The average molecular weight is 382 g/mol. The monoisotopic (exact) mass is 381 g/mol. The highest BCUT2D eigenvalue weighted by molar-refractivity contribution is 7.10. The molecule has 0 aliphatic heterocycles. The molecule has 0 atom stereocenters. The molecule has 0 radical (unpaired) electrons. The van der Waals surface area contributed by atoms with Gasteiger partial charge in [-0.1, -0.05) is 25.5 Å². The number of carbonyl (C=O) groups is 1. The quantitative estimate of drug-likeness (QED) is 0.563. The summed E-state index contributed by atoms with van der Waals surface area (Å²) in [6.45, 7) is 7.73. The molecule has 0 saturated heterocycles. The van der Waals surface area contributed by atoms with E-state index < -0.39 is 0 Å². The summed E-state index contributed by atoms with van der Waals surface area (Å²) < 4.78 is 1.81. The molecule has 1 amide bonds. The van der Waals surface area contributed by atoms with Gasteiger partial charge >= 0.3 is 0 Å². The van der Waals surface area contributed by atoms with E-state index in [1.54, 1.807) is 11.3 Å². The number of benzene rings is 1. The molecule has 0 unspecified atom stereocenters. The third-order valence-corrected chi connectivity index (χ3v) is 5.81. The van der Waals surface area contributed by atoms with Crippen molar-refractivity contribution in [3.63, 3.8) is 0 Å². The predicted molar refractivity (Wildman–Crippen MR) is 112 cm³/mol. The predicted octanol–water partition coefficient (Wildman–Crippen LogP) is 5.21. The molecule has 1 aromatic carbocycles. The van der Waals surface area contributed by atoms with Gasteiger partial charge in [0.2, 0.25) is 0 Å². The van der Waals surface area contributed by atoms with E-state index in [9.17, 15) is 4.79 Å².